The number of aromatic nitrogens is 3. The molecule has 3 fully saturated rings. The number of likely N-dealkylation sites (tertiary alicyclic amines) is 1. The number of halogens is 1. The Hall–Kier alpha value is -3.29. The number of amides is 1. The Morgan fingerprint density at radius 3 is 2.62 bits per heavy atom. The van der Waals surface area contributed by atoms with Gasteiger partial charge in [0.2, 0.25) is 0 Å². The molecule has 39 heavy (non-hydrogen) atoms. The number of ether oxygens (including phenoxy) is 1. The predicted octanol–water partition coefficient (Wildman–Crippen LogP) is 5.95. The molecule has 1 spiro atoms. The number of hydrogen-bond donors (Lipinski definition) is 0. The van der Waals surface area contributed by atoms with Crippen molar-refractivity contribution in [2.24, 2.45) is 11.3 Å². The van der Waals surface area contributed by atoms with Gasteiger partial charge in [-0.1, -0.05) is 25.8 Å². The molecule has 3 aliphatic rings. The van der Waals surface area contributed by atoms with Crippen LogP contribution in [0.15, 0.2) is 30.3 Å². The van der Waals surface area contributed by atoms with Crippen molar-refractivity contribution in [3.8, 4) is 11.3 Å². The maximum Gasteiger partial charge on any atom is 0.308 e. The first-order chi connectivity index (χ1) is 18.8. The molecule has 0 N–H and O–H groups in total. The zero-order chi connectivity index (χ0) is 27.3. The van der Waals surface area contributed by atoms with Gasteiger partial charge in [-0.2, -0.15) is 5.10 Å². The maximum absolute atomic E-state index is 15.4. The van der Waals surface area contributed by atoms with Crippen molar-refractivity contribution in [2.75, 3.05) is 13.7 Å². The second kappa shape index (κ2) is 10.0. The monoisotopic (exact) mass is 532 g/mol. The number of methoxy groups -OCH3 is 1. The topological polar surface area (TPSA) is 76.8 Å². The smallest absolute Gasteiger partial charge is 0.308 e. The lowest BCUT2D eigenvalue weighted by Crippen LogP contribution is -2.49. The minimum atomic E-state index is -0.300. The second-order valence-electron chi connectivity index (χ2n) is 12.0. The maximum atomic E-state index is 15.4. The largest absolute Gasteiger partial charge is 0.469 e. The van der Waals surface area contributed by atoms with Crippen molar-refractivity contribution in [1.29, 1.82) is 0 Å². The molecular formula is C31H37FN4O3. The molecule has 1 amide bonds. The molecule has 7 nitrogen and oxygen atoms in total. The Bertz CT molecular complexity index is 1420. The average molecular weight is 533 g/mol. The first-order valence-electron chi connectivity index (χ1n) is 14.4. The van der Waals surface area contributed by atoms with E-state index in [-0.39, 0.29) is 35.1 Å². The molecule has 2 saturated carbocycles. The molecule has 3 aromatic rings. The Morgan fingerprint density at radius 1 is 1.10 bits per heavy atom. The number of hydrogen-bond acceptors (Lipinski definition) is 5. The van der Waals surface area contributed by atoms with Crippen LogP contribution in [0.2, 0.25) is 0 Å². The molecular weight excluding hydrogens is 495 g/mol. The molecule has 1 atom stereocenters. The number of fused-ring (bicyclic) bond motifs is 1. The fourth-order valence-corrected chi connectivity index (χ4v) is 7.12. The van der Waals surface area contributed by atoms with E-state index in [2.05, 4.69) is 11.9 Å². The highest BCUT2D eigenvalue weighted by molar-refractivity contribution is 5.93. The summed E-state index contributed by atoms with van der Waals surface area (Å²) in [5.41, 5.74) is 4.04. The molecule has 1 aliphatic heterocycles. The van der Waals surface area contributed by atoms with E-state index in [1.165, 1.54) is 7.11 Å². The normalized spacial score (nSPS) is 26.7. The Labute approximate surface area is 228 Å². The van der Waals surface area contributed by atoms with Crippen molar-refractivity contribution in [2.45, 2.75) is 83.6 Å². The quantitative estimate of drug-likeness (QED) is 0.380. The van der Waals surface area contributed by atoms with E-state index < -0.39 is 0 Å². The van der Waals surface area contributed by atoms with Crippen LogP contribution < -0.4 is 0 Å². The van der Waals surface area contributed by atoms with E-state index >= 15 is 4.39 Å². The average Bonchev–Trinajstić information content (AvgIpc) is 3.19. The zero-order valence-electron chi connectivity index (χ0n) is 23.1. The first kappa shape index (κ1) is 26.0. The minimum absolute atomic E-state index is 0.0234. The highest BCUT2D eigenvalue weighted by atomic mass is 19.1. The number of carbonyl (C=O) groups is 2. The predicted molar refractivity (Wildman–Crippen MR) is 146 cm³/mol. The summed E-state index contributed by atoms with van der Waals surface area (Å²) in [5.74, 6) is -0.111. The van der Waals surface area contributed by atoms with Crippen LogP contribution in [0.3, 0.4) is 0 Å². The lowest BCUT2D eigenvalue weighted by molar-refractivity contribution is -0.159. The third-order valence-electron chi connectivity index (χ3n) is 9.39. The van der Waals surface area contributed by atoms with Crippen molar-refractivity contribution >= 4 is 17.5 Å². The van der Waals surface area contributed by atoms with Gasteiger partial charge in [0.25, 0.3) is 5.91 Å². The molecule has 3 heterocycles. The van der Waals surface area contributed by atoms with Crippen LogP contribution in [0.5, 0.6) is 0 Å². The molecule has 8 heteroatoms. The van der Waals surface area contributed by atoms with Crippen LogP contribution in [-0.4, -0.2) is 51.1 Å². The number of esters is 1. The lowest BCUT2D eigenvalue weighted by Gasteiger charge is -2.57. The summed E-state index contributed by atoms with van der Waals surface area (Å²) < 4.78 is 22.0. The molecule has 1 aromatic carbocycles. The molecule has 0 bridgehead atoms. The van der Waals surface area contributed by atoms with Crippen molar-refractivity contribution < 1.29 is 18.7 Å². The highest BCUT2D eigenvalue weighted by Crippen LogP contribution is 2.64. The standard InChI is InChI=1S/C31H37FN4O3/c1-4-23-13-27(29(37)35-11-7-5-6-8-19(35)2)33-28-14-26(34-36(23)28)24-10-9-20(12-25(24)32)21-15-31(16-21)17-22(18-31)30(38)39-3/h9-10,12-14,19,21-22H,4-8,11,15-18H2,1-3H3/t19-,21?,22?,31?/m1/s1. The van der Waals surface area contributed by atoms with Crippen LogP contribution >= 0.6 is 0 Å². The third kappa shape index (κ3) is 4.61. The Kier molecular flexibility index (Phi) is 6.68. The highest BCUT2D eigenvalue weighted by Gasteiger charge is 2.55. The summed E-state index contributed by atoms with van der Waals surface area (Å²) >= 11 is 0. The molecule has 2 aromatic heterocycles. The number of aryl methyl sites for hydroxylation is 1. The van der Waals surface area contributed by atoms with E-state index in [4.69, 9.17) is 9.84 Å². The van der Waals surface area contributed by atoms with E-state index in [1.807, 2.05) is 30.0 Å². The summed E-state index contributed by atoms with van der Waals surface area (Å²) in [6.45, 7) is 4.89. The number of rotatable bonds is 5. The summed E-state index contributed by atoms with van der Waals surface area (Å²) in [7, 11) is 1.44. The zero-order valence-corrected chi connectivity index (χ0v) is 23.1. The molecule has 1 saturated heterocycles. The van der Waals surface area contributed by atoms with Gasteiger partial charge < -0.3 is 9.64 Å². The SMILES string of the molecule is CCc1cc(C(=O)N2CCCCC[C@H]2C)nc2cc(-c3ccc(C4CC5(CC(C(=O)OC)C5)C4)cc3F)nn12. The van der Waals surface area contributed by atoms with Gasteiger partial charge >= 0.3 is 5.97 Å². The fourth-order valence-electron chi connectivity index (χ4n) is 7.12. The molecule has 6 rings (SSSR count). The van der Waals surface area contributed by atoms with E-state index in [0.717, 1.165) is 69.2 Å². The summed E-state index contributed by atoms with van der Waals surface area (Å²) in [6.07, 6.45) is 8.74. The van der Waals surface area contributed by atoms with Gasteiger partial charge in [-0.3, -0.25) is 9.59 Å². The number of benzene rings is 1. The second-order valence-corrected chi connectivity index (χ2v) is 12.0. The van der Waals surface area contributed by atoms with Crippen LogP contribution in [-0.2, 0) is 16.0 Å². The third-order valence-corrected chi connectivity index (χ3v) is 9.39. The van der Waals surface area contributed by atoms with Crippen molar-refractivity contribution in [1.82, 2.24) is 19.5 Å². The van der Waals surface area contributed by atoms with E-state index in [9.17, 15) is 9.59 Å². The first-order valence-corrected chi connectivity index (χ1v) is 14.4. The van der Waals surface area contributed by atoms with E-state index in [0.29, 0.717) is 34.9 Å². The van der Waals surface area contributed by atoms with Gasteiger partial charge in [0, 0.05) is 29.9 Å². The van der Waals surface area contributed by atoms with Gasteiger partial charge in [-0.15, -0.1) is 0 Å². The fraction of sp³-hybridized carbons (Fsp3) is 0.548. The van der Waals surface area contributed by atoms with Gasteiger partial charge in [0.15, 0.2) is 5.65 Å². The molecule has 0 unspecified atom stereocenters. The van der Waals surface area contributed by atoms with Crippen LogP contribution in [0.25, 0.3) is 16.9 Å². The lowest BCUT2D eigenvalue weighted by atomic mass is 9.47. The van der Waals surface area contributed by atoms with Gasteiger partial charge in [0.1, 0.15) is 11.5 Å². The molecule has 2 aliphatic carbocycles. The summed E-state index contributed by atoms with van der Waals surface area (Å²) in [5, 5.41) is 4.69. The van der Waals surface area contributed by atoms with E-state index in [1.54, 1.807) is 16.6 Å². The Balaban J connectivity index is 1.22. The number of nitrogens with zero attached hydrogens (tertiary/aromatic N) is 4. The van der Waals surface area contributed by atoms with Crippen molar-refractivity contribution in [3.63, 3.8) is 0 Å². The molecule has 0 radical (unpaired) electrons. The number of carbonyl (C=O) groups excluding carboxylic acids is 2. The van der Waals surface area contributed by atoms with Crippen LogP contribution in [0, 0.1) is 17.2 Å². The van der Waals surface area contributed by atoms with Crippen LogP contribution in [0.4, 0.5) is 4.39 Å². The Morgan fingerprint density at radius 2 is 1.90 bits per heavy atom. The van der Waals surface area contributed by atoms with Crippen molar-refractivity contribution in [3.05, 3.63) is 53.1 Å². The van der Waals surface area contributed by atoms with Gasteiger partial charge in [-0.05, 0) is 87.0 Å². The summed E-state index contributed by atoms with van der Waals surface area (Å²) in [6, 6.07) is 9.25. The van der Waals surface area contributed by atoms with Gasteiger partial charge in [-0.25, -0.2) is 13.9 Å². The minimum Gasteiger partial charge on any atom is -0.469 e. The van der Waals surface area contributed by atoms with Crippen LogP contribution in [0.1, 0.15) is 92.9 Å². The van der Waals surface area contributed by atoms with Gasteiger partial charge in [0.05, 0.1) is 18.7 Å². The summed E-state index contributed by atoms with van der Waals surface area (Å²) in [4.78, 5) is 31.8. The molecule has 206 valence electrons.